The summed E-state index contributed by atoms with van der Waals surface area (Å²) < 4.78 is 0. The van der Waals surface area contributed by atoms with E-state index in [0.717, 1.165) is 39.0 Å². The van der Waals surface area contributed by atoms with Crippen LogP contribution >= 0.6 is 48.0 Å². The first-order valence-electron chi connectivity index (χ1n) is 6.73. The van der Waals surface area contributed by atoms with Crippen LogP contribution in [-0.2, 0) is 0 Å². The number of nitrogens with one attached hydrogen (secondary N) is 1. The van der Waals surface area contributed by atoms with E-state index in [1.54, 1.807) is 0 Å². The molecule has 0 bridgehead atoms. The molecule has 1 aliphatic heterocycles. The zero-order chi connectivity index (χ0) is 13.7. The number of allylic oxidation sites excluding steroid dienone is 1. The fourth-order valence-corrected chi connectivity index (χ4v) is 2.86. The molecule has 2 nitrogen and oxygen atoms in total. The van der Waals surface area contributed by atoms with Crippen LogP contribution in [0.1, 0.15) is 24.4 Å². The number of hydrogen-bond acceptors (Lipinski definition) is 2. The van der Waals surface area contributed by atoms with Crippen LogP contribution in [0.5, 0.6) is 0 Å². The Morgan fingerprint density at radius 2 is 1.86 bits per heavy atom. The molecule has 0 amide bonds. The van der Waals surface area contributed by atoms with Gasteiger partial charge in [0.2, 0.25) is 0 Å². The number of hydrogen-bond donors (Lipinski definition) is 1. The molecule has 1 aromatic rings. The van der Waals surface area contributed by atoms with E-state index in [9.17, 15) is 0 Å². The first-order valence-corrected chi connectivity index (χ1v) is 7.48. The highest BCUT2D eigenvalue weighted by Crippen LogP contribution is 2.31. The van der Waals surface area contributed by atoms with Gasteiger partial charge in [-0.25, -0.2) is 0 Å². The lowest BCUT2D eigenvalue weighted by molar-refractivity contribution is 0.166. The van der Waals surface area contributed by atoms with Gasteiger partial charge in [0, 0.05) is 32.2 Å². The summed E-state index contributed by atoms with van der Waals surface area (Å²) in [5.74, 6) is 0. The Hall–Kier alpha value is 0.0400. The van der Waals surface area contributed by atoms with E-state index in [0.29, 0.717) is 16.1 Å². The Kier molecular flexibility index (Phi) is 10.7. The second-order valence-corrected chi connectivity index (χ2v) is 5.66. The number of rotatable bonds is 5. The number of halogens is 4. The predicted octanol–water partition coefficient (Wildman–Crippen LogP) is 4.75. The molecular weight excluding hydrogens is 350 g/mol. The zero-order valence-corrected chi connectivity index (χ0v) is 15.0. The summed E-state index contributed by atoms with van der Waals surface area (Å²) in [6, 6.07) is 6.38. The largest absolute Gasteiger partial charge is 0.314 e. The Balaban J connectivity index is 0.00000200. The van der Waals surface area contributed by atoms with E-state index in [2.05, 4.69) is 22.9 Å². The standard InChI is InChI=1S/C15H20Cl2N2.2ClH/c1-2-3-4-15(19-9-7-18-8-10-19)12-5-6-13(16)14(17)11-12;;/h2,5-6,11,15,18H,1,3-4,7-10H2;2*1H/t15-;;/m0../s1. The van der Waals surface area contributed by atoms with E-state index in [4.69, 9.17) is 23.2 Å². The van der Waals surface area contributed by atoms with Crippen molar-refractivity contribution >= 4 is 48.0 Å². The van der Waals surface area contributed by atoms with Crippen molar-refractivity contribution in [3.8, 4) is 0 Å². The summed E-state index contributed by atoms with van der Waals surface area (Å²) >= 11 is 12.2. The average Bonchev–Trinajstić information content (AvgIpc) is 2.44. The molecule has 21 heavy (non-hydrogen) atoms. The van der Waals surface area contributed by atoms with E-state index < -0.39 is 0 Å². The third-order valence-electron chi connectivity index (χ3n) is 3.57. The summed E-state index contributed by atoms with van der Waals surface area (Å²) in [6.45, 7) is 8.06. The Bertz CT molecular complexity index is 434. The maximum Gasteiger partial charge on any atom is 0.0595 e. The molecule has 0 aliphatic carbocycles. The molecule has 1 fully saturated rings. The highest BCUT2D eigenvalue weighted by atomic mass is 35.5. The molecule has 1 aromatic carbocycles. The molecule has 6 heteroatoms. The van der Waals surface area contributed by atoms with Gasteiger partial charge in [-0.3, -0.25) is 4.90 Å². The third-order valence-corrected chi connectivity index (χ3v) is 4.30. The normalized spacial score (nSPS) is 16.5. The average molecular weight is 372 g/mol. The second kappa shape index (κ2) is 10.7. The lowest BCUT2D eigenvalue weighted by Gasteiger charge is -2.35. The highest BCUT2D eigenvalue weighted by Gasteiger charge is 2.21. The van der Waals surface area contributed by atoms with Gasteiger partial charge in [0.1, 0.15) is 0 Å². The molecule has 0 unspecified atom stereocenters. The third kappa shape index (κ3) is 5.97. The van der Waals surface area contributed by atoms with E-state index in [-0.39, 0.29) is 24.8 Å². The van der Waals surface area contributed by atoms with Crippen molar-refractivity contribution in [1.82, 2.24) is 10.2 Å². The molecule has 1 N–H and O–H groups in total. The van der Waals surface area contributed by atoms with Gasteiger partial charge in [-0.05, 0) is 30.5 Å². The van der Waals surface area contributed by atoms with Crippen molar-refractivity contribution in [3.05, 3.63) is 46.5 Å². The summed E-state index contributed by atoms with van der Waals surface area (Å²) in [5, 5.41) is 4.64. The molecular formula is C15H22Cl4N2. The van der Waals surface area contributed by atoms with Gasteiger partial charge in [0.15, 0.2) is 0 Å². The maximum absolute atomic E-state index is 6.15. The van der Waals surface area contributed by atoms with Crippen LogP contribution in [0.3, 0.4) is 0 Å². The first kappa shape index (κ1) is 21.0. The fraction of sp³-hybridized carbons (Fsp3) is 0.467. The molecule has 1 saturated heterocycles. The monoisotopic (exact) mass is 370 g/mol. The highest BCUT2D eigenvalue weighted by molar-refractivity contribution is 6.42. The van der Waals surface area contributed by atoms with Gasteiger partial charge < -0.3 is 5.32 Å². The van der Waals surface area contributed by atoms with Crippen LogP contribution in [0.25, 0.3) is 0 Å². The first-order chi connectivity index (χ1) is 9.22. The Morgan fingerprint density at radius 3 is 2.43 bits per heavy atom. The summed E-state index contributed by atoms with van der Waals surface area (Å²) in [4.78, 5) is 2.51. The van der Waals surface area contributed by atoms with Crippen molar-refractivity contribution in [2.24, 2.45) is 0 Å². The number of piperazine rings is 1. The number of benzene rings is 1. The molecule has 1 heterocycles. The lowest BCUT2D eigenvalue weighted by atomic mass is 9.99. The van der Waals surface area contributed by atoms with Crippen LogP contribution in [0.15, 0.2) is 30.9 Å². The Morgan fingerprint density at radius 1 is 1.19 bits per heavy atom. The van der Waals surface area contributed by atoms with Gasteiger partial charge >= 0.3 is 0 Å². The summed E-state index contributed by atoms with van der Waals surface area (Å²) in [5.41, 5.74) is 1.25. The van der Waals surface area contributed by atoms with Crippen molar-refractivity contribution in [1.29, 1.82) is 0 Å². The SMILES string of the molecule is C=CCC[C@@H](c1ccc(Cl)c(Cl)c1)N1CCNCC1.Cl.Cl. The molecule has 1 atom stereocenters. The Labute approximate surface area is 149 Å². The maximum atomic E-state index is 6.15. The van der Waals surface area contributed by atoms with E-state index in [1.165, 1.54) is 5.56 Å². The van der Waals surface area contributed by atoms with Crippen LogP contribution < -0.4 is 5.32 Å². The van der Waals surface area contributed by atoms with Gasteiger partial charge in [-0.2, -0.15) is 0 Å². The minimum Gasteiger partial charge on any atom is -0.314 e. The molecule has 0 aromatic heterocycles. The molecule has 1 aliphatic rings. The minimum atomic E-state index is 0. The molecule has 0 radical (unpaired) electrons. The van der Waals surface area contributed by atoms with Crippen molar-refractivity contribution in [2.75, 3.05) is 26.2 Å². The van der Waals surface area contributed by atoms with E-state index >= 15 is 0 Å². The lowest BCUT2D eigenvalue weighted by Crippen LogP contribution is -2.45. The van der Waals surface area contributed by atoms with Gasteiger partial charge in [-0.1, -0.05) is 35.3 Å². The number of nitrogens with zero attached hydrogens (tertiary/aromatic N) is 1. The van der Waals surface area contributed by atoms with Gasteiger partial charge in [0.25, 0.3) is 0 Å². The molecule has 0 spiro atoms. The van der Waals surface area contributed by atoms with Crippen molar-refractivity contribution in [3.63, 3.8) is 0 Å². The topological polar surface area (TPSA) is 15.3 Å². The molecule has 120 valence electrons. The smallest absolute Gasteiger partial charge is 0.0595 e. The van der Waals surface area contributed by atoms with Crippen LogP contribution in [0, 0.1) is 0 Å². The molecule has 2 rings (SSSR count). The predicted molar refractivity (Wildman–Crippen MR) is 97.6 cm³/mol. The minimum absolute atomic E-state index is 0. The van der Waals surface area contributed by atoms with Crippen molar-refractivity contribution < 1.29 is 0 Å². The van der Waals surface area contributed by atoms with E-state index in [1.807, 2.05) is 18.2 Å². The fourth-order valence-electron chi connectivity index (χ4n) is 2.55. The van der Waals surface area contributed by atoms with Gasteiger partial charge in [0.05, 0.1) is 10.0 Å². The van der Waals surface area contributed by atoms with Crippen LogP contribution in [-0.4, -0.2) is 31.1 Å². The summed E-state index contributed by atoms with van der Waals surface area (Å²) in [7, 11) is 0. The van der Waals surface area contributed by atoms with Crippen LogP contribution in [0.2, 0.25) is 10.0 Å². The van der Waals surface area contributed by atoms with Crippen molar-refractivity contribution in [2.45, 2.75) is 18.9 Å². The second-order valence-electron chi connectivity index (χ2n) is 4.84. The quantitative estimate of drug-likeness (QED) is 0.751. The van der Waals surface area contributed by atoms with Gasteiger partial charge in [-0.15, -0.1) is 31.4 Å². The summed E-state index contributed by atoms with van der Waals surface area (Å²) in [6.07, 6.45) is 4.06. The zero-order valence-electron chi connectivity index (χ0n) is 11.9. The van der Waals surface area contributed by atoms with Crippen LogP contribution in [0.4, 0.5) is 0 Å². The molecule has 0 saturated carbocycles.